The quantitative estimate of drug-likeness (QED) is 0.864. The van der Waals surface area contributed by atoms with Crippen LogP contribution in [0.15, 0.2) is 18.6 Å². The molecule has 1 aliphatic heterocycles. The van der Waals surface area contributed by atoms with E-state index in [1.54, 1.807) is 17.2 Å². The number of nitrogens with one attached hydrogen (secondary N) is 1. The summed E-state index contributed by atoms with van der Waals surface area (Å²) >= 11 is 0. The summed E-state index contributed by atoms with van der Waals surface area (Å²) in [6.45, 7) is 6.67. The molecule has 0 saturated carbocycles. The molecule has 0 aliphatic carbocycles. The molecule has 1 unspecified atom stereocenters. The maximum atomic E-state index is 12.6. The van der Waals surface area contributed by atoms with Gasteiger partial charge in [0.2, 0.25) is 11.8 Å². The number of carbonyl (C=O) groups excluding carboxylic acids is 2. The van der Waals surface area contributed by atoms with Crippen molar-refractivity contribution in [3.05, 3.63) is 24.3 Å². The summed E-state index contributed by atoms with van der Waals surface area (Å²) in [6, 6.07) is 1.28. The van der Waals surface area contributed by atoms with Gasteiger partial charge in [0.1, 0.15) is 12.4 Å². The highest BCUT2D eigenvalue weighted by Gasteiger charge is 2.37. The van der Waals surface area contributed by atoms with E-state index in [1.165, 1.54) is 6.33 Å². The monoisotopic (exact) mass is 276 g/mol. The lowest BCUT2D eigenvalue weighted by Crippen LogP contribution is -2.51. The van der Waals surface area contributed by atoms with Gasteiger partial charge in [0, 0.05) is 19.2 Å². The van der Waals surface area contributed by atoms with Gasteiger partial charge in [-0.15, -0.1) is 0 Å². The lowest BCUT2D eigenvalue weighted by Gasteiger charge is -2.32. The van der Waals surface area contributed by atoms with Crippen molar-refractivity contribution in [2.45, 2.75) is 39.8 Å². The molecule has 1 aliphatic rings. The van der Waals surface area contributed by atoms with Crippen LogP contribution in [0.3, 0.4) is 0 Å². The minimum Gasteiger partial charge on any atom is -0.344 e. The van der Waals surface area contributed by atoms with Gasteiger partial charge in [-0.25, -0.2) is 9.97 Å². The summed E-state index contributed by atoms with van der Waals surface area (Å²) in [5.41, 5.74) is 0.455. The van der Waals surface area contributed by atoms with Gasteiger partial charge < -0.3 is 10.2 Å². The molecule has 0 radical (unpaired) electrons. The molecular weight excluding hydrogens is 256 g/mol. The second-order valence-corrected chi connectivity index (χ2v) is 6.08. The SMILES string of the molecule is CC(C)(C)C1NC(=O)CCN(Cc2ccncn2)C1=O. The molecule has 2 amide bonds. The van der Waals surface area contributed by atoms with Crippen molar-refractivity contribution < 1.29 is 9.59 Å². The van der Waals surface area contributed by atoms with Gasteiger partial charge >= 0.3 is 0 Å². The van der Waals surface area contributed by atoms with Crippen molar-refractivity contribution in [2.75, 3.05) is 6.54 Å². The summed E-state index contributed by atoms with van der Waals surface area (Å²) in [6.07, 6.45) is 3.43. The Morgan fingerprint density at radius 3 is 2.75 bits per heavy atom. The first kappa shape index (κ1) is 14.4. The molecule has 1 atom stereocenters. The smallest absolute Gasteiger partial charge is 0.246 e. The summed E-state index contributed by atoms with van der Waals surface area (Å²) in [5, 5.41) is 2.82. The molecule has 1 fully saturated rings. The lowest BCUT2D eigenvalue weighted by molar-refractivity contribution is -0.137. The van der Waals surface area contributed by atoms with Crippen LogP contribution in [0.25, 0.3) is 0 Å². The maximum absolute atomic E-state index is 12.6. The molecule has 6 heteroatoms. The van der Waals surface area contributed by atoms with Gasteiger partial charge in [-0.3, -0.25) is 9.59 Å². The Morgan fingerprint density at radius 1 is 1.40 bits per heavy atom. The zero-order valence-corrected chi connectivity index (χ0v) is 12.1. The average Bonchev–Trinajstić information content (AvgIpc) is 2.52. The van der Waals surface area contributed by atoms with E-state index in [-0.39, 0.29) is 17.2 Å². The van der Waals surface area contributed by atoms with Gasteiger partial charge in [-0.2, -0.15) is 0 Å². The van der Waals surface area contributed by atoms with Crippen LogP contribution < -0.4 is 5.32 Å². The number of hydrogen-bond donors (Lipinski definition) is 1. The van der Waals surface area contributed by atoms with Gasteiger partial charge in [0.15, 0.2) is 0 Å². The first-order chi connectivity index (χ1) is 9.38. The Morgan fingerprint density at radius 2 is 2.15 bits per heavy atom. The van der Waals surface area contributed by atoms with Gasteiger partial charge in [-0.1, -0.05) is 20.8 Å². The fourth-order valence-electron chi connectivity index (χ4n) is 2.18. The van der Waals surface area contributed by atoms with E-state index in [0.29, 0.717) is 19.5 Å². The highest BCUT2D eigenvalue weighted by atomic mass is 16.2. The Bertz CT molecular complexity index is 496. The third-order valence-electron chi connectivity index (χ3n) is 3.33. The standard InChI is InChI=1S/C14H20N4O2/c1-14(2,3)12-13(20)18(7-5-11(19)17-12)8-10-4-6-15-9-16-10/h4,6,9,12H,5,7-8H2,1-3H3,(H,17,19). The number of hydrogen-bond acceptors (Lipinski definition) is 4. The number of amides is 2. The average molecular weight is 276 g/mol. The summed E-state index contributed by atoms with van der Waals surface area (Å²) in [4.78, 5) is 34.1. The molecule has 2 heterocycles. The second-order valence-electron chi connectivity index (χ2n) is 6.08. The Labute approximate surface area is 118 Å². The highest BCUT2D eigenvalue weighted by molar-refractivity contribution is 5.90. The van der Waals surface area contributed by atoms with E-state index in [2.05, 4.69) is 15.3 Å². The minimum absolute atomic E-state index is 0.0537. The third-order valence-corrected chi connectivity index (χ3v) is 3.33. The van der Waals surface area contributed by atoms with E-state index in [4.69, 9.17) is 0 Å². The third kappa shape index (κ3) is 3.31. The van der Waals surface area contributed by atoms with Crippen LogP contribution in [0, 0.1) is 5.41 Å². The number of nitrogens with zero attached hydrogens (tertiary/aromatic N) is 3. The Hall–Kier alpha value is -1.98. The van der Waals surface area contributed by atoms with E-state index >= 15 is 0 Å². The van der Waals surface area contributed by atoms with Crippen LogP contribution in [-0.2, 0) is 16.1 Å². The molecule has 1 aromatic heterocycles. The van der Waals surface area contributed by atoms with Crippen LogP contribution in [0.1, 0.15) is 32.9 Å². The van der Waals surface area contributed by atoms with Crippen molar-refractivity contribution in [2.24, 2.45) is 5.41 Å². The zero-order chi connectivity index (χ0) is 14.8. The van der Waals surface area contributed by atoms with Crippen molar-refractivity contribution in [1.82, 2.24) is 20.2 Å². The van der Waals surface area contributed by atoms with Crippen molar-refractivity contribution in [1.29, 1.82) is 0 Å². The minimum atomic E-state index is -0.501. The molecule has 0 bridgehead atoms. The van der Waals surface area contributed by atoms with Crippen LogP contribution >= 0.6 is 0 Å². The zero-order valence-electron chi connectivity index (χ0n) is 12.1. The first-order valence-electron chi connectivity index (χ1n) is 6.71. The van der Waals surface area contributed by atoms with Crippen LogP contribution in [-0.4, -0.2) is 39.3 Å². The predicted octanol–water partition coefficient (Wildman–Crippen LogP) is 0.740. The Balaban J connectivity index is 2.20. The first-order valence-corrected chi connectivity index (χ1v) is 6.71. The van der Waals surface area contributed by atoms with Gasteiger partial charge in [0.05, 0.1) is 12.2 Å². The highest BCUT2D eigenvalue weighted by Crippen LogP contribution is 2.23. The van der Waals surface area contributed by atoms with Crippen molar-refractivity contribution in [3.63, 3.8) is 0 Å². The second kappa shape index (κ2) is 5.56. The molecule has 1 saturated heterocycles. The summed E-state index contributed by atoms with van der Waals surface area (Å²) in [7, 11) is 0. The Kier molecular flexibility index (Phi) is 4.01. The normalized spacial score (nSPS) is 20.6. The molecule has 0 aromatic carbocycles. The molecular formula is C14H20N4O2. The largest absolute Gasteiger partial charge is 0.344 e. The van der Waals surface area contributed by atoms with E-state index in [9.17, 15) is 9.59 Å². The van der Waals surface area contributed by atoms with E-state index < -0.39 is 6.04 Å². The fraction of sp³-hybridized carbons (Fsp3) is 0.571. The fourth-order valence-corrected chi connectivity index (χ4v) is 2.18. The van der Waals surface area contributed by atoms with Crippen LogP contribution in [0.2, 0.25) is 0 Å². The maximum Gasteiger partial charge on any atom is 0.246 e. The van der Waals surface area contributed by atoms with Crippen LogP contribution in [0.5, 0.6) is 0 Å². The predicted molar refractivity (Wildman–Crippen MR) is 73.5 cm³/mol. The van der Waals surface area contributed by atoms with E-state index in [1.807, 2.05) is 20.8 Å². The topological polar surface area (TPSA) is 75.2 Å². The molecule has 1 aromatic rings. The molecule has 2 rings (SSSR count). The number of rotatable bonds is 2. The number of aromatic nitrogens is 2. The summed E-state index contributed by atoms with van der Waals surface area (Å²) < 4.78 is 0. The molecule has 20 heavy (non-hydrogen) atoms. The van der Waals surface area contributed by atoms with Gasteiger partial charge in [0.25, 0.3) is 0 Å². The molecule has 1 N–H and O–H groups in total. The van der Waals surface area contributed by atoms with Crippen molar-refractivity contribution >= 4 is 11.8 Å². The summed E-state index contributed by atoms with van der Waals surface area (Å²) in [5.74, 6) is -0.134. The molecule has 108 valence electrons. The molecule has 6 nitrogen and oxygen atoms in total. The number of carbonyl (C=O) groups is 2. The van der Waals surface area contributed by atoms with Crippen LogP contribution in [0.4, 0.5) is 0 Å². The molecule has 0 spiro atoms. The van der Waals surface area contributed by atoms with E-state index in [0.717, 1.165) is 5.69 Å². The van der Waals surface area contributed by atoms with Crippen molar-refractivity contribution in [3.8, 4) is 0 Å². The lowest BCUT2D eigenvalue weighted by atomic mass is 9.86. The van der Waals surface area contributed by atoms with Gasteiger partial charge in [-0.05, 0) is 11.5 Å².